The Labute approximate surface area is 82.8 Å². The number of aryl methyl sites for hydroxylation is 1. The van der Waals surface area contributed by atoms with E-state index in [1.807, 2.05) is 6.07 Å². The third-order valence-electron chi connectivity index (χ3n) is 1.91. The fraction of sp³-hybridized carbons (Fsp3) is 0.444. The van der Waals surface area contributed by atoms with Crippen LogP contribution in [0.15, 0.2) is 18.3 Å². The predicted octanol–water partition coefficient (Wildman–Crippen LogP) is 1.74. The molecule has 1 rings (SSSR count). The number of unbranched alkanes of at least 4 members (excludes halogenated alkanes) is 1. The van der Waals surface area contributed by atoms with Gasteiger partial charge in [0.1, 0.15) is 4.64 Å². The fourth-order valence-corrected chi connectivity index (χ4v) is 1.41. The highest BCUT2D eigenvalue weighted by atomic mass is 32.1. The van der Waals surface area contributed by atoms with Gasteiger partial charge >= 0.3 is 0 Å². The Balaban J connectivity index is 2.67. The first kappa shape index (κ1) is 10.2. The number of hydrogen-bond acceptors (Lipinski definition) is 3. The Kier molecular flexibility index (Phi) is 3.92. The number of nitrogens with zero attached hydrogens (tertiary/aromatic N) is 1. The van der Waals surface area contributed by atoms with Crippen LogP contribution in [0.3, 0.4) is 0 Å². The summed E-state index contributed by atoms with van der Waals surface area (Å²) >= 11 is 5.02. The molecule has 3 N–H and O–H groups in total. The van der Waals surface area contributed by atoms with Crippen LogP contribution in [0.25, 0.3) is 0 Å². The number of pyridine rings is 1. The summed E-state index contributed by atoms with van der Waals surface area (Å²) in [4.78, 5) is 0. The average molecular weight is 198 g/mol. The standard InChI is InChI=1S/C9H14N2OS/c10-6-2-1-4-8-5-3-7-11(12)9(8)13/h3,5,7,12H,1-2,4,6,10H2. The Morgan fingerprint density at radius 1 is 1.46 bits per heavy atom. The van der Waals surface area contributed by atoms with Crippen molar-refractivity contribution < 1.29 is 5.21 Å². The Bertz CT molecular complexity index is 322. The minimum Gasteiger partial charge on any atom is -0.428 e. The molecule has 0 fully saturated rings. The normalized spacial score (nSPS) is 10.2. The van der Waals surface area contributed by atoms with Crippen LogP contribution < -0.4 is 5.73 Å². The highest BCUT2D eigenvalue weighted by Gasteiger charge is 1.97. The minimum absolute atomic E-state index is 0.500. The summed E-state index contributed by atoms with van der Waals surface area (Å²) in [7, 11) is 0. The maximum atomic E-state index is 9.24. The molecule has 0 saturated heterocycles. The van der Waals surface area contributed by atoms with E-state index in [1.54, 1.807) is 6.07 Å². The molecule has 72 valence electrons. The number of aromatic nitrogens is 1. The zero-order valence-electron chi connectivity index (χ0n) is 7.44. The Morgan fingerprint density at radius 3 is 2.92 bits per heavy atom. The van der Waals surface area contributed by atoms with Crippen LogP contribution in [0, 0.1) is 4.64 Å². The van der Waals surface area contributed by atoms with Gasteiger partial charge in [0, 0.05) is 6.20 Å². The van der Waals surface area contributed by atoms with Crippen molar-refractivity contribution in [1.29, 1.82) is 0 Å². The van der Waals surface area contributed by atoms with Crippen molar-refractivity contribution in [2.45, 2.75) is 19.3 Å². The molecule has 13 heavy (non-hydrogen) atoms. The van der Waals surface area contributed by atoms with Crippen molar-refractivity contribution >= 4 is 12.2 Å². The molecule has 0 aromatic carbocycles. The molecule has 1 heterocycles. The van der Waals surface area contributed by atoms with Gasteiger partial charge in [-0.2, -0.15) is 4.73 Å². The van der Waals surface area contributed by atoms with Crippen LogP contribution in [-0.4, -0.2) is 16.5 Å². The van der Waals surface area contributed by atoms with E-state index in [9.17, 15) is 5.21 Å². The first-order valence-electron chi connectivity index (χ1n) is 4.35. The van der Waals surface area contributed by atoms with E-state index >= 15 is 0 Å². The molecule has 0 atom stereocenters. The summed E-state index contributed by atoms with van der Waals surface area (Å²) in [6.07, 6.45) is 4.44. The lowest BCUT2D eigenvalue weighted by molar-refractivity contribution is 0.179. The van der Waals surface area contributed by atoms with Crippen molar-refractivity contribution in [2.75, 3.05) is 6.54 Å². The summed E-state index contributed by atoms with van der Waals surface area (Å²) in [5, 5.41) is 9.24. The predicted molar refractivity (Wildman–Crippen MR) is 54.4 cm³/mol. The molecular weight excluding hydrogens is 184 g/mol. The zero-order chi connectivity index (χ0) is 9.68. The second-order valence-corrected chi connectivity index (χ2v) is 3.32. The van der Waals surface area contributed by atoms with Gasteiger partial charge in [0.2, 0.25) is 0 Å². The SMILES string of the molecule is NCCCCc1cccn(O)c1=S. The number of hydrogen-bond donors (Lipinski definition) is 2. The van der Waals surface area contributed by atoms with E-state index in [0.717, 1.165) is 29.6 Å². The summed E-state index contributed by atoms with van der Waals surface area (Å²) in [5.74, 6) is 0. The van der Waals surface area contributed by atoms with Crippen molar-refractivity contribution in [1.82, 2.24) is 4.73 Å². The lowest BCUT2D eigenvalue weighted by Crippen LogP contribution is -2.01. The lowest BCUT2D eigenvalue weighted by atomic mass is 10.1. The Hall–Kier alpha value is -0.870. The molecule has 0 amide bonds. The highest BCUT2D eigenvalue weighted by Crippen LogP contribution is 2.06. The second-order valence-electron chi connectivity index (χ2n) is 2.93. The zero-order valence-corrected chi connectivity index (χ0v) is 8.26. The van der Waals surface area contributed by atoms with Gasteiger partial charge in [-0.3, -0.25) is 0 Å². The summed E-state index contributed by atoms with van der Waals surface area (Å²) in [6.45, 7) is 0.707. The van der Waals surface area contributed by atoms with Crippen LogP contribution >= 0.6 is 12.2 Å². The van der Waals surface area contributed by atoms with E-state index < -0.39 is 0 Å². The maximum Gasteiger partial charge on any atom is 0.145 e. The lowest BCUT2D eigenvalue weighted by Gasteiger charge is -2.03. The molecule has 1 aromatic heterocycles. The first-order chi connectivity index (χ1) is 6.25. The van der Waals surface area contributed by atoms with E-state index in [0.29, 0.717) is 11.2 Å². The van der Waals surface area contributed by atoms with Gasteiger partial charge in [-0.05, 0) is 37.4 Å². The molecule has 0 aliphatic rings. The molecular formula is C9H14N2OS. The van der Waals surface area contributed by atoms with Crippen LogP contribution in [0.1, 0.15) is 18.4 Å². The number of nitrogens with two attached hydrogens (primary N) is 1. The Morgan fingerprint density at radius 2 is 2.23 bits per heavy atom. The highest BCUT2D eigenvalue weighted by molar-refractivity contribution is 7.71. The van der Waals surface area contributed by atoms with Crippen LogP contribution in [0.4, 0.5) is 0 Å². The largest absolute Gasteiger partial charge is 0.428 e. The van der Waals surface area contributed by atoms with Crippen molar-refractivity contribution in [3.63, 3.8) is 0 Å². The van der Waals surface area contributed by atoms with E-state index in [-0.39, 0.29) is 0 Å². The molecule has 4 heteroatoms. The van der Waals surface area contributed by atoms with Gasteiger partial charge in [0.25, 0.3) is 0 Å². The molecule has 0 aliphatic carbocycles. The molecule has 1 aromatic rings. The summed E-state index contributed by atoms with van der Waals surface area (Å²) in [6, 6.07) is 3.72. The topological polar surface area (TPSA) is 51.2 Å². The third-order valence-corrected chi connectivity index (χ3v) is 2.36. The van der Waals surface area contributed by atoms with Crippen LogP contribution in [0.5, 0.6) is 0 Å². The first-order valence-corrected chi connectivity index (χ1v) is 4.76. The third kappa shape index (κ3) is 2.82. The van der Waals surface area contributed by atoms with Gasteiger partial charge in [-0.15, -0.1) is 0 Å². The van der Waals surface area contributed by atoms with Gasteiger partial charge < -0.3 is 10.9 Å². The monoisotopic (exact) mass is 198 g/mol. The molecule has 0 aliphatic heterocycles. The fourth-order valence-electron chi connectivity index (χ4n) is 1.18. The van der Waals surface area contributed by atoms with E-state index in [2.05, 4.69) is 0 Å². The van der Waals surface area contributed by atoms with Gasteiger partial charge in [-0.1, -0.05) is 18.3 Å². The smallest absolute Gasteiger partial charge is 0.145 e. The van der Waals surface area contributed by atoms with Crippen LogP contribution in [0.2, 0.25) is 0 Å². The molecule has 0 radical (unpaired) electrons. The molecule has 0 saturated carbocycles. The number of rotatable bonds is 4. The van der Waals surface area contributed by atoms with Gasteiger partial charge in [-0.25, -0.2) is 0 Å². The van der Waals surface area contributed by atoms with E-state index in [1.165, 1.54) is 6.20 Å². The van der Waals surface area contributed by atoms with Crippen LogP contribution in [-0.2, 0) is 6.42 Å². The van der Waals surface area contributed by atoms with Crippen molar-refractivity contribution in [2.24, 2.45) is 5.73 Å². The molecule has 3 nitrogen and oxygen atoms in total. The van der Waals surface area contributed by atoms with Gasteiger partial charge in [0.15, 0.2) is 0 Å². The second kappa shape index (κ2) is 4.99. The summed E-state index contributed by atoms with van der Waals surface area (Å²) in [5.41, 5.74) is 6.39. The van der Waals surface area contributed by atoms with Crippen molar-refractivity contribution in [3.8, 4) is 0 Å². The summed E-state index contributed by atoms with van der Waals surface area (Å²) < 4.78 is 1.48. The van der Waals surface area contributed by atoms with Crippen molar-refractivity contribution in [3.05, 3.63) is 28.5 Å². The molecule has 0 unspecified atom stereocenters. The maximum absolute atomic E-state index is 9.24. The quantitative estimate of drug-likeness (QED) is 0.440. The minimum atomic E-state index is 0.500. The molecule has 0 spiro atoms. The molecule has 0 bridgehead atoms. The van der Waals surface area contributed by atoms with E-state index in [4.69, 9.17) is 18.0 Å². The average Bonchev–Trinajstić information content (AvgIpc) is 2.13. The van der Waals surface area contributed by atoms with Gasteiger partial charge in [0.05, 0.1) is 0 Å².